The summed E-state index contributed by atoms with van der Waals surface area (Å²) in [4.78, 5) is 27.9. The summed E-state index contributed by atoms with van der Waals surface area (Å²) >= 11 is 0.963. The summed E-state index contributed by atoms with van der Waals surface area (Å²) in [6.45, 7) is 6.76. The highest BCUT2D eigenvalue weighted by atomic mass is 32.2. The summed E-state index contributed by atoms with van der Waals surface area (Å²) in [5, 5.41) is 2.50. The zero-order valence-electron chi connectivity index (χ0n) is 17.5. The summed E-state index contributed by atoms with van der Waals surface area (Å²) in [7, 11) is 0. The van der Waals surface area contributed by atoms with Gasteiger partial charge in [-0.05, 0) is 63.6 Å². The van der Waals surface area contributed by atoms with E-state index in [-0.39, 0.29) is 29.3 Å². The van der Waals surface area contributed by atoms with Crippen molar-refractivity contribution in [3.63, 3.8) is 0 Å². The molecule has 1 N–H and O–H groups in total. The second kappa shape index (κ2) is 10.0. The van der Waals surface area contributed by atoms with Crippen molar-refractivity contribution in [3.05, 3.63) is 53.2 Å². The highest BCUT2D eigenvalue weighted by molar-refractivity contribution is 7.99. The average molecular weight is 456 g/mol. The van der Waals surface area contributed by atoms with Gasteiger partial charge in [-0.3, -0.25) is 0 Å². The van der Waals surface area contributed by atoms with Gasteiger partial charge in [0.15, 0.2) is 0 Å². The lowest BCUT2D eigenvalue weighted by molar-refractivity contribution is -0.141. The molecular formula is C21H23F3N2O4S. The van der Waals surface area contributed by atoms with Crippen LogP contribution in [0.1, 0.15) is 49.3 Å². The van der Waals surface area contributed by atoms with Crippen LogP contribution in [0.15, 0.2) is 46.3 Å². The largest absolute Gasteiger partial charge is 0.462 e. The first-order valence-electron chi connectivity index (χ1n) is 9.37. The van der Waals surface area contributed by atoms with Gasteiger partial charge in [0.05, 0.1) is 12.2 Å². The normalized spacial score (nSPS) is 11.7. The maximum Gasteiger partial charge on any atom is 0.433 e. The number of halogens is 3. The van der Waals surface area contributed by atoms with Gasteiger partial charge in [-0.25, -0.2) is 14.6 Å². The molecule has 168 valence electrons. The van der Waals surface area contributed by atoms with Crippen LogP contribution >= 0.6 is 11.8 Å². The minimum absolute atomic E-state index is 0.0665. The fourth-order valence-corrected chi connectivity index (χ4v) is 3.30. The lowest BCUT2D eigenvalue weighted by Gasteiger charge is -2.20. The van der Waals surface area contributed by atoms with Crippen LogP contribution in [0.5, 0.6) is 0 Å². The topological polar surface area (TPSA) is 77.5 Å². The molecule has 0 unspecified atom stereocenters. The Hall–Kier alpha value is -2.75. The molecule has 0 fully saturated rings. The van der Waals surface area contributed by atoms with Crippen molar-refractivity contribution in [2.75, 3.05) is 6.61 Å². The number of carbonyl (C=O) groups is 2. The Morgan fingerprint density at radius 1 is 1.13 bits per heavy atom. The maximum atomic E-state index is 13.3. The second-order valence-electron chi connectivity index (χ2n) is 7.40. The molecule has 1 aromatic heterocycles. The van der Waals surface area contributed by atoms with Crippen LogP contribution in [-0.4, -0.2) is 29.3 Å². The highest BCUT2D eigenvalue weighted by Gasteiger charge is 2.33. The first-order chi connectivity index (χ1) is 14.4. The number of ether oxygens (including phenoxy) is 2. The van der Waals surface area contributed by atoms with Crippen molar-refractivity contribution in [3.8, 4) is 0 Å². The van der Waals surface area contributed by atoms with Crippen LogP contribution in [0.3, 0.4) is 0 Å². The number of amides is 1. The van der Waals surface area contributed by atoms with E-state index in [1.165, 1.54) is 12.1 Å². The zero-order valence-corrected chi connectivity index (χ0v) is 18.3. The van der Waals surface area contributed by atoms with E-state index in [9.17, 15) is 22.8 Å². The predicted octanol–water partition coefficient (Wildman–Crippen LogP) is 5.45. The third-order valence-corrected chi connectivity index (χ3v) is 4.46. The number of benzene rings is 1. The van der Waals surface area contributed by atoms with Gasteiger partial charge in [0.1, 0.15) is 16.3 Å². The molecule has 0 atom stereocenters. The number of rotatable bonds is 6. The monoisotopic (exact) mass is 456 g/mol. The van der Waals surface area contributed by atoms with Gasteiger partial charge < -0.3 is 14.8 Å². The Labute approximate surface area is 182 Å². The van der Waals surface area contributed by atoms with Gasteiger partial charge in [-0.2, -0.15) is 13.2 Å². The number of esters is 1. The van der Waals surface area contributed by atoms with Crippen LogP contribution in [0, 0.1) is 0 Å². The summed E-state index contributed by atoms with van der Waals surface area (Å²) < 4.78 is 50.0. The first-order valence-corrected chi connectivity index (χ1v) is 10.2. The van der Waals surface area contributed by atoms with E-state index >= 15 is 0 Å². The molecule has 0 saturated carbocycles. The van der Waals surface area contributed by atoms with Gasteiger partial charge in [0, 0.05) is 11.4 Å². The molecule has 0 saturated heterocycles. The van der Waals surface area contributed by atoms with Crippen molar-refractivity contribution >= 4 is 23.8 Å². The fraction of sp³-hybridized carbons (Fsp3) is 0.381. The SMILES string of the molecule is CCOC(=O)c1cccc(Sc2cc(CNC(=O)OC(C)(C)C)cc(C(F)(F)F)n2)c1. The number of hydrogen-bond acceptors (Lipinski definition) is 6. The Morgan fingerprint density at radius 2 is 1.84 bits per heavy atom. The minimum Gasteiger partial charge on any atom is -0.462 e. The molecule has 31 heavy (non-hydrogen) atoms. The van der Waals surface area contributed by atoms with Crippen molar-refractivity contribution in [1.82, 2.24) is 10.3 Å². The molecule has 0 bridgehead atoms. The van der Waals surface area contributed by atoms with Crippen LogP contribution in [0.4, 0.5) is 18.0 Å². The van der Waals surface area contributed by atoms with Crippen LogP contribution in [-0.2, 0) is 22.2 Å². The number of nitrogens with one attached hydrogen (secondary N) is 1. The molecule has 2 rings (SSSR count). The van der Waals surface area contributed by atoms with E-state index in [1.54, 1.807) is 45.9 Å². The number of carbonyl (C=O) groups excluding carboxylic acids is 2. The van der Waals surface area contributed by atoms with E-state index in [0.29, 0.717) is 4.90 Å². The molecule has 1 amide bonds. The predicted molar refractivity (Wildman–Crippen MR) is 109 cm³/mol. The number of pyridine rings is 1. The molecule has 2 aromatic rings. The fourth-order valence-electron chi connectivity index (χ4n) is 2.37. The second-order valence-corrected chi connectivity index (χ2v) is 8.50. The van der Waals surface area contributed by atoms with E-state index in [4.69, 9.17) is 9.47 Å². The lowest BCUT2D eigenvalue weighted by atomic mass is 10.2. The minimum atomic E-state index is -4.66. The summed E-state index contributed by atoms with van der Waals surface area (Å²) in [6.07, 6.45) is -5.40. The quantitative estimate of drug-likeness (QED) is 0.582. The van der Waals surface area contributed by atoms with E-state index in [2.05, 4.69) is 10.3 Å². The highest BCUT2D eigenvalue weighted by Crippen LogP contribution is 2.33. The molecule has 10 heteroatoms. The molecular weight excluding hydrogens is 433 g/mol. The van der Waals surface area contributed by atoms with E-state index in [1.807, 2.05) is 0 Å². The van der Waals surface area contributed by atoms with Gasteiger partial charge in [-0.1, -0.05) is 17.8 Å². The maximum absolute atomic E-state index is 13.3. The number of nitrogens with zero attached hydrogens (tertiary/aromatic N) is 1. The number of hydrogen-bond donors (Lipinski definition) is 1. The molecule has 0 radical (unpaired) electrons. The van der Waals surface area contributed by atoms with Crippen LogP contribution in [0.2, 0.25) is 0 Å². The number of aromatic nitrogens is 1. The van der Waals surface area contributed by atoms with Gasteiger partial charge in [0.2, 0.25) is 0 Å². The summed E-state index contributed by atoms with van der Waals surface area (Å²) in [5.41, 5.74) is -1.33. The Kier molecular flexibility index (Phi) is 7.94. The molecule has 6 nitrogen and oxygen atoms in total. The van der Waals surface area contributed by atoms with Crippen molar-refractivity contribution in [1.29, 1.82) is 0 Å². The van der Waals surface area contributed by atoms with Crippen molar-refractivity contribution < 1.29 is 32.2 Å². The van der Waals surface area contributed by atoms with E-state index in [0.717, 1.165) is 17.8 Å². The summed E-state index contributed by atoms with van der Waals surface area (Å²) in [6, 6.07) is 8.63. The van der Waals surface area contributed by atoms with Gasteiger partial charge in [0.25, 0.3) is 0 Å². The zero-order chi connectivity index (χ0) is 23.2. The molecule has 0 spiro atoms. The first kappa shape index (κ1) is 24.5. The smallest absolute Gasteiger partial charge is 0.433 e. The third-order valence-electron chi connectivity index (χ3n) is 3.56. The average Bonchev–Trinajstić information content (AvgIpc) is 2.64. The molecule has 0 aliphatic rings. The molecule has 0 aliphatic carbocycles. The van der Waals surface area contributed by atoms with Crippen molar-refractivity contribution in [2.45, 2.75) is 55.9 Å². The standard InChI is InChI=1S/C21H23F3N2O4S/c1-5-29-18(27)14-7-6-8-15(11-14)31-17-10-13(9-16(26-17)21(22,23)24)12-25-19(28)30-20(2,3)4/h6-11H,5,12H2,1-4H3,(H,25,28). The third kappa shape index (κ3) is 8.12. The van der Waals surface area contributed by atoms with Crippen LogP contribution < -0.4 is 5.32 Å². The number of alkyl halides is 3. The Bertz CT molecular complexity index is 943. The molecule has 1 aromatic carbocycles. The Balaban J connectivity index is 2.25. The van der Waals surface area contributed by atoms with E-state index < -0.39 is 29.5 Å². The lowest BCUT2D eigenvalue weighted by Crippen LogP contribution is -2.32. The van der Waals surface area contributed by atoms with Gasteiger partial charge >= 0.3 is 18.2 Å². The number of alkyl carbamates (subject to hydrolysis) is 1. The summed E-state index contributed by atoms with van der Waals surface area (Å²) in [5.74, 6) is -0.524. The Morgan fingerprint density at radius 3 is 2.45 bits per heavy atom. The van der Waals surface area contributed by atoms with Crippen molar-refractivity contribution in [2.24, 2.45) is 0 Å². The van der Waals surface area contributed by atoms with Gasteiger partial charge in [-0.15, -0.1) is 0 Å². The van der Waals surface area contributed by atoms with Crippen LogP contribution in [0.25, 0.3) is 0 Å². The molecule has 1 heterocycles. The molecule has 0 aliphatic heterocycles.